The van der Waals surface area contributed by atoms with E-state index in [0.717, 1.165) is 19.3 Å². The predicted molar refractivity (Wildman–Crippen MR) is 83.4 cm³/mol. The number of ether oxygens (including phenoxy) is 1. The van der Waals surface area contributed by atoms with Crippen LogP contribution in [0.2, 0.25) is 0 Å². The molecule has 1 aliphatic carbocycles. The number of nitrogens with one attached hydrogen (secondary N) is 1. The molecule has 2 rings (SSSR count). The van der Waals surface area contributed by atoms with Crippen molar-refractivity contribution in [3.63, 3.8) is 0 Å². The number of allylic oxidation sites excluding steroid dienone is 1. The van der Waals surface area contributed by atoms with Crippen molar-refractivity contribution in [2.75, 3.05) is 5.88 Å². The van der Waals surface area contributed by atoms with Crippen LogP contribution in [0, 0.1) is 11.8 Å². The molecule has 0 aromatic heterocycles. The van der Waals surface area contributed by atoms with E-state index in [9.17, 15) is 14.7 Å². The average Bonchev–Trinajstić information content (AvgIpc) is 2.82. The number of rotatable bonds is 7. The van der Waals surface area contributed by atoms with Crippen molar-refractivity contribution in [2.45, 2.75) is 56.8 Å². The second kappa shape index (κ2) is 7.47. The molecule has 22 heavy (non-hydrogen) atoms. The number of aliphatic hydroxyl groups excluding tert-OH is 1. The number of amides is 1. The summed E-state index contributed by atoms with van der Waals surface area (Å²) in [6.07, 6.45) is 7.03. The Morgan fingerprint density at radius 2 is 2.41 bits per heavy atom. The van der Waals surface area contributed by atoms with Crippen LogP contribution in [0.5, 0.6) is 0 Å². The van der Waals surface area contributed by atoms with Crippen LogP contribution in [0.15, 0.2) is 12.2 Å². The summed E-state index contributed by atoms with van der Waals surface area (Å²) in [4.78, 5) is 23.4. The Balaban J connectivity index is 2.30. The van der Waals surface area contributed by atoms with Crippen molar-refractivity contribution >= 4 is 24.0 Å². The number of hydrogen-bond donors (Lipinski definition) is 2. The highest BCUT2D eigenvalue weighted by Gasteiger charge is 2.58. The molecule has 6 heteroatoms. The van der Waals surface area contributed by atoms with E-state index in [-0.39, 0.29) is 11.8 Å². The van der Waals surface area contributed by atoms with Gasteiger partial charge in [-0.25, -0.2) is 0 Å². The van der Waals surface area contributed by atoms with Gasteiger partial charge in [0.15, 0.2) is 0 Å². The standard InChI is InChI=1S/C16H24ClNO4/c1-2-16(22-10-19)12(8-9-17)15(21)18-14(16)13(20)11-6-4-3-5-7-11/h4,6,10-14,20H,2-3,5,7-9H2,1H3,(H,18,21)/t11-,12+,13+,14-,16+/m1/s1. The molecule has 0 unspecified atom stereocenters. The van der Waals surface area contributed by atoms with E-state index in [1.54, 1.807) is 0 Å². The first-order chi connectivity index (χ1) is 10.6. The predicted octanol–water partition coefficient (Wildman–Crippen LogP) is 1.77. The van der Waals surface area contributed by atoms with E-state index in [2.05, 4.69) is 11.4 Å². The minimum Gasteiger partial charge on any atom is -0.458 e. The van der Waals surface area contributed by atoms with Gasteiger partial charge in [-0.1, -0.05) is 19.1 Å². The molecular formula is C16H24ClNO4. The second-order valence-electron chi connectivity index (χ2n) is 6.05. The minimum absolute atomic E-state index is 0.0324. The molecule has 0 spiro atoms. The zero-order valence-corrected chi connectivity index (χ0v) is 13.6. The fourth-order valence-electron chi connectivity index (χ4n) is 3.84. The van der Waals surface area contributed by atoms with Crippen LogP contribution >= 0.6 is 11.6 Å². The molecular weight excluding hydrogens is 306 g/mol. The Bertz CT molecular complexity index is 442. The van der Waals surface area contributed by atoms with E-state index in [1.807, 2.05) is 13.0 Å². The van der Waals surface area contributed by atoms with Crippen LogP contribution in [0.3, 0.4) is 0 Å². The Labute approximate surface area is 136 Å². The topological polar surface area (TPSA) is 75.6 Å². The highest BCUT2D eigenvalue weighted by Crippen LogP contribution is 2.41. The highest BCUT2D eigenvalue weighted by atomic mass is 35.5. The number of hydrogen-bond acceptors (Lipinski definition) is 4. The molecule has 0 radical (unpaired) electrons. The molecule has 1 saturated heterocycles. The normalized spacial score (nSPS) is 36.0. The Morgan fingerprint density at radius 1 is 1.64 bits per heavy atom. The third-order valence-corrected chi connectivity index (χ3v) is 5.24. The lowest BCUT2D eigenvalue weighted by Crippen LogP contribution is -2.56. The van der Waals surface area contributed by atoms with Crippen molar-refractivity contribution in [1.82, 2.24) is 5.32 Å². The lowest BCUT2D eigenvalue weighted by Gasteiger charge is -2.39. The quantitative estimate of drug-likeness (QED) is 0.424. The number of carbonyl (C=O) groups excluding carboxylic acids is 2. The van der Waals surface area contributed by atoms with Gasteiger partial charge in [-0.15, -0.1) is 11.6 Å². The summed E-state index contributed by atoms with van der Waals surface area (Å²) in [6.45, 7) is 2.24. The van der Waals surface area contributed by atoms with Crippen molar-refractivity contribution in [3.8, 4) is 0 Å². The SMILES string of the molecule is CC[C@@]1(OC=O)[C@@H]([C@@H](O)[C@@H]2C=CCCC2)NC(=O)[C@@H]1CCCl. The molecule has 0 bridgehead atoms. The second-order valence-corrected chi connectivity index (χ2v) is 6.43. The number of carbonyl (C=O) groups is 2. The molecule has 0 saturated carbocycles. The number of alkyl halides is 1. The molecule has 1 amide bonds. The molecule has 2 aliphatic rings. The lowest BCUT2D eigenvalue weighted by atomic mass is 9.75. The summed E-state index contributed by atoms with van der Waals surface area (Å²) in [5.74, 6) is -0.454. The van der Waals surface area contributed by atoms with Gasteiger partial charge in [0.2, 0.25) is 5.91 Å². The third-order valence-electron chi connectivity index (χ3n) is 5.02. The van der Waals surface area contributed by atoms with Crippen molar-refractivity contribution in [3.05, 3.63) is 12.2 Å². The van der Waals surface area contributed by atoms with Gasteiger partial charge < -0.3 is 15.2 Å². The molecule has 124 valence electrons. The lowest BCUT2D eigenvalue weighted by molar-refractivity contribution is -0.156. The molecule has 2 N–H and O–H groups in total. The van der Waals surface area contributed by atoms with Crippen LogP contribution in [-0.4, -0.2) is 41.1 Å². The first-order valence-corrected chi connectivity index (χ1v) is 8.46. The highest BCUT2D eigenvalue weighted by molar-refractivity contribution is 6.18. The first-order valence-electron chi connectivity index (χ1n) is 7.93. The maximum Gasteiger partial charge on any atom is 0.293 e. The van der Waals surface area contributed by atoms with Crippen LogP contribution in [0.1, 0.15) is 39.0 Å². The Kier molecular flexibility index (Phi) is 5.87. The van der Waals surface area contributed by atoms with Gasteiger partial charge in [0.1, 0.15) is 5.60 Å². The summed E-state index contributed by atoms with van der Waals surface area (Å²) in [6, 6.07) is -0.601. The Hall–Kier alpha value is -1.07. The smallest absolute Gasteiger partial charge is 0.293 e. The number of aliphatic hydroxyl groups is 1. The van der Waals surface area contributed by atoms with E-state index >= 15 is 0 Å². The summed E-state index contributed by atoms with van der Waals surface area (Å²) >= 11 is 5.81. The fraction of sp³-hybridized carbons (Fsp3) is 0.750. The summed E-state index contributed by atoms with van der Waals surface area (Å²) < 4.78 is 5.39. The van der Waals surface area contributed by atoms with Gasteiger partial charge in [0, 0.05) is 11.8 Å². The maximum atomic E-state index is 12.3. The largest absolute Gasteiger partial charge is 0.458 e. The third kappa shape index (κ3) is 3.01. The summed E-state index contributed by atoms with van der Waals surface area (Å²) in [7, 11) is 0. The Morgan fingerprint density at radius 3 is 2.95 bits per heavy atom. The van der Waals surface area contributed by atoms with Crippen molar-refractivity contribution in [2.24, 2.45) is 11.8 Å². The van der Waals surface area contributed by atoms with E-state index in [0.29, 0.717) is 25.2 Å². The molecule has 5 nitrogen and oxygen atoms in total. The van der Waals surface area contributed by atoms with Gasteiger partial charge in [0.25, 0.3) is 6.47 Å². The van der Waals surface area contributed by atoms with E-state index in [4.69, 9.17) is 16.3 Å². The van der Waals surface area contributed by atoms with Crippen LogP contribution in [0.25, 0.3) is 0 Å². The van der Waals surface area contributed by atoms with Crippen LogP contribution in [-0.2, 0) is 14.3 Å². The fourth-order valence-corrected chi connectivity index (χ4v) is 4.06. The molecule has 0 aromatic rings. The van der Waals surface area contributed by atoms with Gasteiger partial charge in [-0.3, -0.25) is 9.59 Å². The summed E-state index contributed by atoms with van der Waals surface area (Å²) in [5.41, 5.74) is -1.03. The van der Waals surface area contributed by atoms with Crippen LogP contribution in [0.4, 0.5) is 0 Å². The molecule has 0 aromatic carbocycles. The van der Waals surface area contributed by atoms with Crippen molar-refractivity contribution in [1.29, 1.82) is 0 Å². The van der Waals surface area contributed by atoms with Gasteiger partial charge >= 0.3 is 0 Å². The minimum atomic E-state index is -1.03. The summed E-state index contributed by atoms with van der Waals surface area (Å²) in [5, 5.41) is 13.6. The monoisotopic (exact) mass is 329 g/mol. The molecule has 1 heterocycles. The van der Waals surface area contributed by atoms with E-state index in [1.165, 1.54) is 0 Å². The van der Waals surface area contributed by atoms with Gasteiger partial charge in [-0.05, 0) is 32.1 Å². The van der Waals surface area contributed by atoms with Gasteiger partial charge in [0.05, 0.1) is 18.1 Å². The van der Waals surface area contributed by atoms with Crippen molar-refractivity contribution < 1.29 is 19.4 Å². The first kappa shape index (κ1) is 17.3. The average molecular weight is 330 g/mol. The zero-order chi connectivity index (χ0) is 16.2. The van der Waals surface area contributed by atoms with Crippen LogP contribution < -0.4 is 5.32 Å². The maximum absolute atomic E-state index is 12.3. The molecule has 1 aliphatic heterocycles. The molecule has 1 fully saturated rings. The number of halogens is 1. The zero-order valence-electron chi connectivity index (χ0n) is 12.8. The molecule has 5 atom stereocenters. The van der Waals surface area contributed by atoms with E-state index < -0.39 is 23.7 Å². The van der Waals surface area contributed by atoms with Gasteiger partial charge in [-0.2, -0.15) is 0 Å².